The number of hydrogen-bond acceptors (Lipinski definition) is 2. The van der Waals surface area contributed by atoms with Gasteiger partial charge in [-0.1, -0.05) is 97.3 Å². The second kappa shape index (κ2) is 14.6. The predicted molar refractivity (Wildman–Crippen MR) is 124 cm³/mol. The lowest BCUT2D eigenvalue weighted by atomic mass is 10.1. The first-order valence-corrected chi connectivity index (χ1v) is 12.8. The summed E-state index contributed by atoms with van der Waals surface area (Å²) in [6.07, 6.45) is 12.3. The highest BCUT2D eigenvalue weighted by molar-refractivity contribution is 9.09. The van der Waals surface area contributed by atoms with Crippen LogP contribution in [0.4, 0.5) is 0 Å². The van der Waals surface area contributed by atoms with Crippen LogP contribution in [-0.4, -0.2) is 9.91 Å². The average molecular weight is 452 g/mol. The number of halogens is 1. The van der Waals surface area contributed by atoms with Crippen molar-refractivity contribution in [1.29, 1.82) is 0 Å². The van der Waals surface area contributed by atoms with Crippen LogP contribution in [0, 0.1) is 0 Å². The van der Waals surface area contributed by atoms with Crippen LogP contribution in [0.1, 0.15) is 57.8 Å². The molecule has 26 heavy (non-hydrogen) atoms. The summed E-state index contributed by atoms with van der Waals surface area (Å²) in [6.45, 7) is 0. The molecule has 2 aromatic rings. The van der Waals surface area contributed by atoms with E-state index in [1.165, 1.54) is 67.6 Å². The standard InChI is InChI=1S/C23H31BrS2/c24-20-14-6-4-2-1-3-5-13-19-23(25-21-15-9-7-10-16-21)26-22-17-11-8-12-18-22/h7-12,15-18,23H,1-6,13-14,19-20H2. The summed E-state index contributed by atoms with van der Waals surface area (Å²) in [5.74, 6) is 0. The first-order valence-electron chi connectivity index (χ1n) is 9.88. The molecule has 0 radical (unpaired) electrons. The van der Waals surface area contributed by atoms with E-state index < -0.39 is 0 Å². The van der Waals surface area contributed by atoms with Gasteiger partial charge in [0, 0.05) is 15.1 Å². The van der Waals surface area contributed by atoms with Crippen LogP contribution in [0.25, 0.3) is 0 Å². The molecule has 0 aliphatic heterocycles. The Kier molecular flexibility index (Phi) is 12.3. The number of rotatable bonds is 14. The molecule has 0 heterocycles. The molecule has 0 spiro atoms. The highest BCUT2D eigenvalue weighted by Gasteiger charge is 2.12. The lowest BCUT2D eigenvalue weighted by Crippen LogP contribution is -1.97. The molecule has 0 aliphatic rings. The Bertz CT molecular complexity index is 517. The molecule has 0 aromatic heterocycles. The van der Waals surface area contributed by atoms with Crippen LogP contribution in [0.2, 0.25) is 0 Å². The van der Waals surface area contributed by atoms with Gasteiger partial charge in [0.2, 0.25) is 0 Å². The van der Waals surface area contributed by atoms with Gasteiger partial charge in [-0.15, -0.1) is 23.5 Å². The predicted octanol–water partition coefficient (Wildman–Crippen LogP) is 8.80. The molecule has 0 N–H and O–H groups in total. The summed E-state index contributed by atoms with van der Waals surface area (Å²) >= 11 is 7.55. The van der Waals surface area contributed by atoms with Crippen molar-refractivity contribution in [1.82, 2.24) is 0 Å². The van der Waals surface area contributed by atoms with Crippen LogP contribution >= 0.6 is 39.5 Å². The second-order valence-corrected chi connectivity index (χ2v) is 10.2. The smallest absolute Gasteiger partial charge is 0.0596 e. The lowest BCUT2D eigenvalue weighted by Gasteiger charge is -2.16. The van der Waals surface area contributed by atoms with Gasteiger partial charge in [-0.2, -0.15) is 0 Å². The zero-order chi connectivity index (χ0) is 18.3. The summed E-state index contributed by atoms with van der Waals surface area (Å²) in [4.78, 5) is 2.76. The van der Waals surface area contributed by atoms with Crippen molar-refractivity contribution in [2.45, 2.75) is 72.2 Å². The number of thioether (sulfide) groups is 2. The molecule has 0 nitrogen and oxygen atoms in total. The van der Waals surface area contributed by atoms with E-state index in [0.29, 0.717) is 4.58 Å². The van der Waals surface area contributed by atoms with Crippen LogP contribution in [-0.2, 0) is 0 Å². The van der Waals surface area contributed by atoms with Crippen molar-refractivity contribution >= 4 is 39.5 Å². The Labute approximate surface area is 177 Å². The van der Waals surface area contributed by atoms with Crippen molar-refractivity contribution in [2.75, 3.05) is 5.33 Å². The lowest BCUT2D eigenvalue weighted by molar-refractivity contribution is 0.572. The summed E-state index contributed by atoms with van der Waals surface area (Å²) in [5, 5.41) is 1.16. The van der Waals surface area contributed by atoms with E-state index in [9.17, 15) is 0 Å². The normalized spacial score (nSPS) is 11.2. The van der Waals surface area contributed by atoms with Gasteiger partial charge >= 0.3 is 0 Å². The third kappa shape index (κ3) is 10.1. The van der Waals surface area contributed by atoms with Gasteiger partial charge in [0.1, 0.15) is 0 Å². The van der Waals surface area contributed by atoms with Crippen molar-refractivity contribution in [3.05, 3.63) is 60.7 Å². The highest BCUT2D eigenvalue weighted by Crippen LogP contribution is 2.38. The van der Waals surface area contributed by atoms with Crippen molar-refractivity contribution in [3.8, 4) is 0 Å². The molecule has 0 atom stereocenters. The van der Waals surface area contributed by atoms with Gasteiger partial charge in [-0.3, -0.25) is 0 Å². The molecule has 2 aromatic carbocycles. The Morgan fingerprint density at radius 1 is 0.577 bits per heavy atom. The maximum atomic E-state index is 3.51. The van der Waals surface area contributed by atoms with E-state index in [2.05, 4.69) is 76.6 Å². The number of alkyl halides is 1. The number of hydrogen-bond donors (Lipinski definition) is 0. The topological polar surface area (TPSA) is 0 Å². The van der Waals surface area contributed by atoms with Gasteiger partial charge < -0.3 is 0 Å². The summed E-state index contributed by atoms with van der Waals surface area (Å²) < 4.78 is 0.596. The first kappa shape index (κ1) is 21.9. The largest absolute Gasteiger partial charge is 0.111 e. The van der Waals surface area contributed by atoms with E-state index >= 15 is 0 Å². The van der Waals surface area contributed by atoms with Crippen LogP contribution in [0.5, 0.6) is 0 Å². The zero-order valence-corrected chi connectivity index (χ0v) is 18.8. The van der Waals surface area contributed by atoms with Crippen molar-refractivity contribution in [2.24, 2.45) is 0 Å². The minimum atomic E-state index is 0.596. The van der Waals surface area contributed by atoms with E-state index in [1.54, 1.807) is 0 Å². The van der Waals surface area contributed by atoms with Gasteiger partial charge in [-0.25, -0.2) is 0 Å². The maximum absolute atomic E-state index is 3.51. The van der Waals surface area contributed by atoms with E-state index in [-0.39, 0.29) is 0 Å². The Morgan fingerprint density at radius 3 is 1.46 bits per heavy atom. The summed E-state index contributed by atoms with van der Waals surface area (Å²) in [5.41, 5.74) is 0. The van der Waals surface area contributed by atoms with Crippen LogP contribution in [0.3, 0.4) is 0 Å². The van der Waals surface area contributed by atoms with Crippen molar-refractivity contribution in [3.63, 3.8) is 0 Å². The molecule has 0 fully saturated rings. The van der Waals surface area contributed by atoms with Gasteiger partial charge in [0.25, 0.3) is 0 Å². The molecular formula is C23H31BrS2. The number of benzene rings is 2. The first-order chi connectivity index (χ1) is 12.9. The Hall–Kier alpha value is -0.380. The fraction of sp³-hybridized carbons (Fsp3) is 0.478. The van der Waals surface area contributed by atoms with E-state index in [4.69, 9.17) is 0 Å². The molecule has 0 saturated heterocycles. The molecule has 0 bridgehead atoms. The third-order valence-electron chi connectivity index (χ3n) is 4.34. The summed E-state index contributed by atoms with van der Waals surface area (Å²) in [7, 11) is 0. The zero-order valence-electron chi connectivity index (χ0n) is 15.6. The molecule has 142 valence electrons. The monoisotopic (exact) mass is 450 g/mol. The van der Waals surface area contributed by atoms with E-state index in [1.807, 2.05) is 23.5 Å². The second-order valence-electron chi connectivity index (χ2n) is 6.60. The van der Waals surface area contributed by atoms with Crippen LogP contribution in [0.15, 0.2) is 70.5 Å². The quantitative estimate of drug-likeness (QED) is 0.122. The molecule has 3 heteroatoms. The summed E-state index contributed by atoms with van der Waals surface area (Å²) in [6, 6.07) is 21.7. The van der Waals surface area contributed by atoms with Gasteiger partial charge in [0.05, 0.1) is 4.58 Å². The molecule has 0 aliphatic carbocycles. The van der Waals surface area contributed by atoms with Gasteiger partial charge in [-0.05, 0) is 37.1 Å². The minimum absolute atomic E-state index is 0.596. The molecular weight excluding hydrogens is 420 g/mol. The number of unbranched alkanes of at least 4 members (excludes halogenated alkanes) is 7. The minimum Gasteiger partial charge on any atom is -0.111 e. The fourth-order valence-corrected chi connectivity index (χ4v) is 5.97. The maximum Gasteiger partial charge on any atom is 0.0596 e. The van der Waals surface area contributed by atoms with Gasteiger partial charge in [0.15, 0.2) is 0 Å². The molecule has 2 rings (SSSR count). The Balaban J connectivity index is 1.70. The van der Waals surface area contributed by atoms with Crippen LogP contribution < -0.4 is 0 Å². The third-order valence-corrected chi connectivity index (χ3v) is 7.57. The van der Waals surface area contributed by atoms with Crippen molar-refractivity contribution < 1.29 is 0 Å². The molecule has 0 saturated carbocycles. The average Bonchev–Trinajstić information content (AvgIpc) is 2.68. The Morgan fingerprint density at radius 2 is 1.00 bits per heavy atom. The highest BCUT2D eigenvalue weighted by atomic mass is 79.9. The fourth-order valence-electron chi connectivity index (χ4n) is 2.91. The van der Waals surface area contributed by atoms with E-state index in [0.717, 1.165) is 5.33 Å². The molecule has 0 unspecified atom stereocenters. The molecule has 0 amide bonds. The SMILES string of the molecule is BrCCCCCCCCCCC(Sc1ccccc1)Sc1ccccc1.